The van der Waals surface area contributed by atoms with Crippen molar-refractivity contribution in [2.75, 3.05) is 14.2 Å². The summed E-state index contributed by atoms with van der Waals surface area (Å²) < 4.78 is 10.6. The van der Waals surface area contributed by atoms with Gasteiger partial charge in [-0.05, 0) is 60.4 Å². The van der Waals surface area contributed by atoms with Crippen molar-refractivity contribution >= 4 is 0 Å². The van der Waals surface area contributed by atoms with Crippen molar-refractivity contribution in [3.05, 3.63) is 41.5 Å². The average molecular weight is 258 g/mol. The Morgan fingerprint density at radius 2 is 1.53 bits per heavy atom. The maximum atomic E-state index is 9.71. The van der Waals surface area contributed by atoms with E-state index in [-0.39, 0.29) is 0 Å². The number of phenolic OH excluding ortho intramolecular Hbond substituents is 1. The highest BCUT2D eigenvalue weighted by Gasteiger charge is 2.09. The van der Waals surface area contributed by atoms with Gasteiger partial charge in [0.1, 0.15) is 5.75 Å². The second kappa shape index (κ2) is 5.22. The molecule has 0 radical (unpaired) electrons. The van der Waals surface area contributed by atoms with E-state index in [4.69, 9.17) is 9.47 Å². The number of aryl methyl sites for hydroxylation is 2. The SMILES string of the molecule is COc1ccc(-c2cc(C)c(O)cc2C)cc1OC. The highest BCUT2D eigenvalue weighted by molar-refractivity contribution is 5.72. The lowest BCUT2D eigenvalue weighted by Crippen LogP contribution is -1.92. The van der Waals surface area contributed by atoms with Crippen LogP contribution in [0, 0.1) is 13.8 Å². The van der Waals surface area contributed by atoms with Crippen LogP contribution in [0.4, 0.5) is 0 Å². The molecule has 100 valence electrons. The van der Waals surface area contributed by atoms with Gasteiger partial charge in [-0.3, -0.25) is 0 Å². The first-order valence-corrected chi connectivity index (χ1v) is 6.09. The van der Waals surface area contributed by atoms with Crippen LogP contribution in [0.25, 0.3) is 11.1 Å². The first-order chi connectivity index (χ1) is 9.06. The van der Waals surface area contributed by atoms with Crippen LogP contribution in [0.15, 0.2) is 30.3 Å². The zero-order valence-electron chi connectivity index (χ0n) is 11.7. The molecular weight excluding hydrogens is 240 g/mol. The Labute approximate surface area is 113 Å². The van der Waals surface area contributed by atoms with Crippen LogP contribution < -0.4 is 9.47 Å². The van der Waals surface area contributed by atoms with Crippen molar-refractivity contribution in [2.24, 2.45) is 0 Å². The first-order valence-electron chi connectivity index (χ1n) is 6.09. The monoisotopic (exact) mass is 258 g/mol. The fraction of sp³-hybridized carbons (Fsp3) is 0.250. The zero-order valence-corrected chi connectivity index (χ0v) is 11.7. The van der Waals surface area contributed by atoms with Gasteiger partial charge in [0.2, 0.25) is 0 Å². The minimum absolute atomic E-state index is 0.321. The van der Waals surface area contributed by atoms with Gasteiger partial charge >= 0.3 is 0 Å². The van der Waals surface area contributed by atoms with Crippen LogP contribution in [-0.4, -0.2) is 19.3 Å². The molecule has 0 saturated heterocycles. The summed E-state index contributed by atoms with van der Waals surface area (Å²) in [4.78, 5) is 0. The average Bonchev–Trinajstić information content (AvgIpc) is 2.42. The Bertz CT molecular complexity index is 603. The third kappa shape index (κ3) is 2.50. The van der Waals surface area contributed by atoms with Crippen molar-refractivity contribution in [1.82, 2.24) is 0 Å². The Morgan fingerprint density at radius 1 is 0.842 bits per heavy atom. The second-order valence-corrected chi connectivity index (χ2v) is 4.52. The molecule has 0 spiro atoms. The Morgan fingerprint density at radius 3 is 2.16 bits per heavy atom. The number of methoxy groups -OCH3 is 2. The van der Waals surface area contributed by atoms with Crippen LogP contribution in [0.5, 0.6) is 17.2 Å². The molecule has 3 heteroatoms. The van der Waals surface area contributed by atoms with Gasteiger partial charge in [0.05, 0.1) is 14.2 Å². The summed E-state index contributed by atoms with van der Waals surface area (Å²) in [6.07, 6.45) is 0. The number of ether oxygens (including phenoxy) is 2. The van der Waals surface area contributed by atoms with Gasteiger partial charge in [-0.15, -0.1) is 0 Å². The molecule has 0 bridgehead atoms. The lowest BCUT2D eigenvalue weighted by molar-refractivity contribution is 0.355. The molecule has 0 aliphatic heterocycles. The standard InChI is InChI=1S/C16H18O3/c1-10-8-14(17)11(2)7-13(10)12-5-6-15(18-3)16(9-12)19-4/h5-9,17H,1-4H3. The van der Waals surface area contributed by atoms with Crippen molar-refractivity contribution < 1.29 is 14.6 Å². The Kier molecular flexibility index (Phi) is 3.65. The van der Waals surface area contributed by atoms with Crippen molar-refractivity contribution in [3.8, 4) is 28.4 Å². The number of phenols is 1. The maximum Gasteiger partial charge on any atom is 0.161 e. The van der Waals surface area contributed by atoms with Crippen LogP contribution in [0.3, 0.4) is 0 Å². The fourth-order valence-electron chi connectivity index (χ4n) is 2.12. The van der Waals surface area contributed by atoms with E-state index in [1.54, 1.807) is 20.3 Å². The normalized spacial score (nSPS) is 10.3. The van der Waals surface area contributed by atoms with Gasteiger partial charge in [0.15, 0.2) is 11.5 Å². The van der Waals surface area contributed by atoms with E-state index in [9.17, 15) is 5.11 Å². The van der Waals surface area contributed by atoms with Crippen molar-refractivity contribution in [2.45, 2.75) is 13.8 Å². The van der Waals surface area contributed by atoms with Gasteiger partial charge in [-0.1, -0.05) is 6.07 Å². The minimum Gasteiger partial charge on any atom is -0.508 e. The van der Waals surface area contributed by atoms with E-state index in [0.29, 0.717) is 17.2 Å². The molecule has 0 saturated carbocycles. The summed E-state index contributed by atoms with van der Waals surface area (Å²) in [6, 6.07) is 9.57. The molecule has 3 nitrogen and oxygen atoms in total. The van der Waals surface area contributed by atoms with E-state index in [0.717, 1.165) is 22.3 Å². The van der Waals surface area contributed by atoms with Crippen molar-refractivity contribution in [1.29, 1.82) is 0 Å². The molecule has 0 amide bonds. The Balaban J connectivity index is 2.56. The molecule has 2 aromatic carbocycles. The van der Waals surface area contributed by atoms with E-state index < -0.39 is 0 Å². The molecule has 0 heterocycles. The maximum absolute atomic E-state index is 9.71. The summed E-state index contributed by atoms with van der Waals surface area (Å²) in [5.41, 5.74) is 4.00. The molecule has 0 aliphatic rings. The number of rotatable bonds is 3. The quantitative estimate of drug-likeness (QED) is 0.912. The van der Waals surface area contributed by atoms with Gasteiger partial charge in [0, 0.05) is 0 Å². The highest BCUT2D eigenvalue weighted by atomic mass is 16.5. The number of benzene rings is 2. The van der Waals surface area contributed by atoms with Crippen LogP contribution in [0.2, 0.25) is 0 Å². The second-order valence-electron chi connectivity index (χ2n) is 4.52. The van der Waals surface area contributed by atoms with E-state index >= 15 is 0 Å². The third-order valence-corrected chi connectivity index (χ3v) is 3.24. The topological polar surface area (TPSA) is 38.7 Å². The molecule has 0 aliphatic carbocycles. The smallest absolute Gasteiger partial charge is 0.161 e. The van der Waals surface area contributed by atoms with Crippen LogP contribution in [0.1, 0.15) is 11.1 Å². The molecule has 2 aromatic rings. The molecule has 0 atom stereocenters. The molecule has 1 N–H and O–H groups in total. The third-order valence-electron chi connectivity index (χ3n) is 3.24. The Hall–Kier alpha value is -2.16. The van der Waals surface area contributed by atoms with E-state index in [1.807, 2.05) is 38.1 Å². The summed E-state index contributed by atoms with van der Waals surface area (Å²) in [7, 11) is 3.24. The van der Waals surface area contributed by atoms with Gasteiger partial charge < -0.3 is 14.6 Å². The molecule has 2 rings (SSSR count). The first kappa shape index (κ1) is 13.3. The molecular formula is C16H18O3. The molecule has 0 unspecified atom stereocenters. The van der Waals surface area contributed by atoms with Gasteiger partial charge in [0.25, 0.3) is 0 Å². The summed E-state index contributed by atoms with van der Waals surface area (Å²) in [5, 5.41) is 9.71. The van der Waals surface area contributed by atoms with E-state index in [2.05, 4.69) is 0 Å². The predicted molar refractivity (Wildman–Crippen MR) is 76.1 cm³/mol. The van der Waals surface area contributed by atoms with Crippen LogP contribution in [-0.2, 0) is 0 Å². The number of hydrogen-bond donors (Lipinski definition) is 1. The summed E-state index contributed by atoms with van der Waals surface area (Å²) >= 11 is 0. The number of aromatic hydroxyl groups is 1. The van der Waals surface area contributed by atoms with Crippen LogP contribution >= 0.6 is 0 Å². The highest BCUT2D eigenvalue weighted by Crippen LogP contribution is 2.35. The lowest BCUT2D eigenvalue weighted by atomic mass is 9.97. The van der Waals surface area contributed by atoms with Gasteiger partial charge in [-0.25, -0.2) is 0 Å². The number of hydrogen-bond acceptors (Lipinski definition) is 3. The fourth-order valence-corrected chi connectivity index (χ4v) is 2.12. The summed E-state index contributed by atoms with van der Waals surface area (Å²) in [6.45, 7) is 3.87. The predicted octanol–water partition coefficient (Wildman–Crippen LogP) is 3.69. The largest absolute Gasteiger partial charge is 0.508 e. The molecule has 0 fully saturated rings. The minimum atomic E-state index is 0.321. The lowest BCUT2D eigenvalue weighted by Gasteiger charge is -2.12. The zero-order chi connectivity index (χ0) is 14.0. The van der Waals surface area contributed by atoms with Gasteiger partial charge in [-0.2, -0.15) is 0 Å². The molecule has 19 heavy (non-hydrogen) atoms. The summed E-state index contributed by atoms with van der Waals surface area (Å²) in [5.74, 6) is 1.73. The van der Waals surface area contributed by atoms with Crippen molar-refractivity contribution in [3.63, 3.8) is 0 Å². The van der Waals surface area contributed by atoms with E-state index in [1.165, 1.54) is 0 Å². The molecule has 0 aromatic heterocycles.